The summed E-state index contributed by atoms with van der Waals surface area (Å²) >= 11 is 6.34. The third kappa shape index (κ3) is 2.62. The Kier molecular flexibility index (Phi) is 3.41. The molecule has 2 heteroatoms. The van der Waals surface area contributed by atoms with Crippen LogP contribution in [0.5, 0.6) is 0 Å². The third-order valence-electron chi connectivity index (χ3n) is 3.13. The van der Waals surface area contributed by atoms with Crippen LogP contribution in [0.1, 0.15) is 25.8 Å². The van der Waals surface area contributed by atoms with E-state index in [2.05, 4.69) is 44.2 Å². The van der Waals surface area contributed by atoms with Crippen molar-refractivity contribution >= 4 is 17.2 Å². The Morgan fingerprint density at radius 1 is 1.24 bits per heavy atom. The van der Waals surface area contributed by atoms with Crippen molar-refractivity contribution in [2.75, 3.05) is 6.54 Å². The molecule has 0 aliphatic heterocycles. The molecule has 2 rings (SSSR count). The number of hydrogen-bond donors (Lipinski definition) is 1. The lowest BCUT2D eigenvalue weighted by Gasteiger charge is -2.30. The summed E-state index contributed by atoms with van der Waals surface area (Å²) in [4.78, 5) is 0. The first kappa shape index (κ1) is 12.4. The van der Waals surface area contributed by atoms with E-state index < -0.39 is 0 Å². The molecule has 0 saturated carbocycles. The van der Waals surface area contributed by atoms with E-state index in [1.54, 1.807) is 0 Å². The summed E-state index contributed by atoms with van der Waals surface area (Å²) in [5.74, 6) is 0. The Bertz CT molecular complexity index is 469. The summed E-state index contributed by atoms with van der Waals surface area (Å²) in [6.45, 7) is 4.90. The van der Waals surface area contributed by atoms with Crippen LogP contribution in [0.2, 0.25) is 0 Å². The summed E-state index contributed by atoms with van der Waals surface area (Å²) in [7, 11) is 0. The predicted octanol–water partition coefficient (Wildman–Crippen LogP) is 3.95. The molecule has 0 saturated heterocycles. The second kappa shape index (κ2) is 4.67. The lowest BCUT2D eigenvalue weighted by Crippen LogP contribution is -2.18. The van der Waals surface area contributed by atoms with Gasteiger partial charge in [-0.3, -0.25) is 0 Å². The fraction of sp³-hybridized carbons (Fsp3) is 0.333. The molecule has 1 aromatic carbocycles. The van der Waals surface area contributed by atoms with Crippen LogP contribution in [0.15, 0.2) is 47.0 Å². The second-order valence-electron chi connectivity index (χ2n) is 5.18. The van der Waals surface area contributed by atoms with Gasteiger partial charge >= 0.3 is 0 Å². The SMILES string of the molecule is CC1(C)C=C(Cl)C(CN)=C(c2ccccc2)C1. The van der Waals surface area contributed by atoms with Crippen LogP contribution in [-0.2, 0) is 0 Å². The first-order valence-corrected chi connectivity index (χ1v) is 6.27. The first-order valence-electron chi connectivity index (χ1n) is 5.90. The van der Waals surface area contributed by atoms with Crippen LogP contribution < -0.4 is 5.73 Å². The quantitative estimate of drug-likeness (QED) is 0.841. The summed E-state index contributed by atoms with van der Waals surface area (Å²) < 4.78 is 0. The van der Waals surface area contributed by atoms with Gasteiger partial charge in [-0.15, -0.1) is 0 Å². The van der Waals surface area contributed by atoms with E-state index in [-0.39, 0.29) is 5.41 Å². The lowest BCUT2D eigenvalue weighted by molar-refractivity contribution is 0.488. The molecule has 1 aliphatic rings. The monoisotopic (exact) mass is 247 g/mol. The van der Waals surface area contributed by atoms with Gasteiger partial charge in [0.25, 0.3) is 0 Å². The van der Waals surface area contributed by atoms with E-state index in [0.29, 0.717) is 6.54 Å². The van der Waals surface area contributed by atoms with E-state index in [1.807, 2.05) is 6.07 Å². The van der Waals surface area contributed by atoms with Crippen LogP contribution in [0, 0.1) is 5.41 Å². The summed E-state index contributed by atoms with van der Waals surface area (Å²) in [5, 5.41) is 0.808. The van der Waals surface area contributed by atoms with E-state index in [1.165, 1.54) is 11.1 Å². The van der Waals surface area contributed by atoms with E-state index in [4.69, 9.17) is 17.3 Å². The Hall–Kier alpha value is -1.05. The molecule has 0 atom stereocenters. The Morgan fingerprint density at radius 2 is 1.88 bits per heavy atom. The van der Waals surface area contributed by atoms with Gasteiger partial charge in [-0.05, 0) is 28.5 Å². The van der Waals surface area contributed by atoms with Crippen molar-refractivity contribution in [2.45, 2.75) is 20.3 Å². The zero-order chi connectivity index (χ0) is 12.5. The minimum atomic E-state index is 0.0981. The molecule has 0 aromatic heterocycles. The molecule has 17 heavy (non-hydrogen) atoms. The highest BCUT2D eigenvalue weighted by atomic mass is 35.5. The van der Waals surface area contributed by atoms with Gasteiger partial charge in [0.15, 0.2) is 0 Å². The van der Waals surface area contributed by atoms with Crippen molar-refractivity contribution in [1.82, 2.24) is 0 Å². The molecule has 0 radical (unpaired) electrons. The minimum Gasteiger partial charge on any atom is -0.326 e. The molecule has 0 spiro atoms. The number of nitrogens with two attached hydrogens (primary N) is 1. The standard InChI is InChI=1S/C15H18ClN/c1-15(2)8-12(11-6-4-3-5-7-11)13(10-17)14(16)9-15/h3-7,9H,8,10,17H2,1-2H3. The average molecular weight is 248 g/mol. The number of allylic oxidation sites excluding steroid dienone is 2. The lowest BCUT2D eigenvalue weighted by atomic mass is 9.77. The first-order chi connectivity index (χ1) is 8.03. The smallest absolute Gasteiger partial charge is 0.0419 e. The maximum Gasteiger partial charge on any atom is 0.0419 e. The topological polar surface area (TPSA) is 26.0 Å². The molecular formula is C15H18ClN. The zero-order valence-electron chi connectivity index (χ0n) is 10.3. The van der Waals surface area contributed by atoms with Gasteiger partial charge < -0.3 is 5.73 Å². The average Bonchev–Trinajstić information content (AvgIpc) is 2.28. The maximum atomic E-state index is 6.34. The fourth-order valence-corrected chi connectivity index (χ4v) is 2.81. The molecule has 0 bridgehead atoms. The normalized spacial score (nSPS) is 19.2. The maximum absolute atomic E-state index is 6.34. The largest absolute Gasteiger partial charge is 0.326 e. The van der Waals surface area contributed by atoms with Crippen molar-refractivity contribution in [3.63, 3.8) is 0 Å². The fourth-order valence-electron chi connectivity index (χ4n) is 2.32. The summed E-state index contributed by atoms with van der Waals surface area (Å²) in [6.07, 6.45) is 3.10. The Labute approximate surface area is 108 Å². The molecule has 0 unspecified atom stereocenters. The van der Waals surface area contributed by atoms with Gasteiger partial charge in [0.05, 0.1) is 0 Å². The molecule has 2 N–H and O–H groups in total. The van der Waals surface area contributed by atoms with Crippen molar-refractivity contribution in [3.8, 4) is 0 Å². The van der Waals surface area contributed by atoms with Crippen LogP contribution in [0.4, 0.5) is 0 Å². The molecule has 0 heterocycles. The van der Waals surface area contributed by atoms with Crippen LogP contribution in [0.25, 0.3) is 5.57 Å². The number of halogens is 1. The number of benzene rings is 1. The van der Waals surface area contributed by atoms with Crippen LogP contribution in [0.3, 0.4) is 0 Å². The summed E-state index contributed by atoms with van der Waals surface area (Å²) in [5.41, 5.74) is 9.52. The number of hydrogen-bond acceptors (Lipinski definition) is 1. The van der Waals surface area contributed by atoms with Gasteiger partial charge in [-0.2, -0.15) is 0 Å². The Balaban J connectivity index is 2.52. The van der Waals surface area contributed by atoms with Gasteiger partial charge in [-0.1, -0.05) is 61.9 Å². The van der Waals surface area contributed by atoms with Gasteiger partial charge in [0, 0.05) is 11.6 Å². The molecule has 1 aliphatic carbocycles. The van der Waals surface area contributed by atoms with Crippen molar-refractivity contribution < 1.29 is 0 Å². The van der Waals surface area contributed by atoms with Crippen LogP contribution >= 0.6 is 11.6 Å². The van der Waals surface area contributed by atoms with Gasteiger partial charge in [0.1, 0.15) is 0 Å². The van der Waals surface area contributed by atoms with Crippen molar-refractivity contribution in [1.29, 1.82) is 0 Å². The van der Waals surface area contributed by atoms with E-state index >= 15 is 0 Å². The Morgan fingerprint density at radius 3 is 2.47 bits per heavy atom. The van der Waals surface area contributed by atoms with E-state index in [9.17, 15) is 0 Å². The molecule has 1 aromatic rings. The zero-order valence-corrected chi connectivity index (χ0v) is 11.1. The van der Waals surface area contributed by atoms with Crippen molar-refractivity contribution in [3.05, 3.63) is 52.6 Å². The molecule has 90 valence electrons. The third-order valence-corrected chi connectivity index (χ3v) is 3.47. The van der Waals surface area contributed by atoms with E-state index in [0.717, 1.165) is 17.0 Å². The van der Waals surface area contributed by atoms with Crippen LogP contribution in [-0.4, -0.2) is 6.54 Å². The van der Waals surface area contributed by atoms with Gasteiger partial charge in [0.2, 0.25) is 0 Å². The van der Waals surface area contributed by atoms with Crippen molar-refractivity contribution in [2.24, 2.45) is 11.1 Å². The minimum absolute atomic E-state index is 0.0981. The molecule has 0 fully saturated rings. The molecular weight excluding hydrogens is 230 g/mol. The molecule has 1 nitrogen and oxygen atoms in total. The highest BCUT2D eigenvalue weighted by molar-refractivity contribution is 6.33. The summed E-state index contributed by atoms with van der Waals surface area (Å²) in [6, 6.07) is 10.4. The number of rotatable bonds is 2. The highest BCUT2D eigenvalue weighted by Gasteiger charge is 2.26. The highest BCUT2D eigenvalue weighted by Crippen LogP contribution is 2.42. The molecule has 0 amide bonds. The second-order valence-corrected chi connectivity index (χ2v) is 5.59. The van der Waals surface area contributed by atoms with Gasteiger partial charge in [-0.25, -0.2) is 0 Å². The predicted molar refractivity (Wildman–Crippen MR) is 74.8 cm³/mol.